The third-order valence-electron chi connectivity index (χ3n) is 3.89. The molecule has 1 fully saturated rings. The average Bonchev–Trinajstić information content (AvgIpc) is 2.35. The highest BCUT2D eigenvalue weighted by Crippen LogP contribution is 2.34. The molecule has 18 heavy (non-hydrogen) atoms. The molecule has 0 aromatic heterocycles. The van der Waals surface area contributed by atoms with Crippen molar-refractivity contribution in [3.63, 3.8) is 0 Å². The highest BCUT2D eigenvalue weighted by molar-refractivity contribution is 5.16. The Balaban J connectivity index is 1.87. The molecule has 0 saturated carbocycles. The lowest BCUT2D eigenvalue weighted by atomic mass is 9.78. The van der Waals surface area contributed by atoms with Crippen molar-refractivity contribution in [3.8, 4) is 6.07 Å². The Morgan fingerprint density at radius 1 is 1.28 bits per heavy atom. The van der Waals surface area contributed by atoms with Crippen LogP contribution in [0.5, 0.6) is 0 Å². The quantitative estimate of drug-likeness (QED) is 0.818. The van der Waals surface area contributed by atoms with Gasteiger partial charge in [-0.1, -0.05) is 19.1 Å². The van der Waals surface area contributed by atoms with E-state index >= 15 is 0 Å². The van der Waals surface area contributed by atoms with Crippen LogP contribution in [0.4, 0.5) is 4.39 Å². The van der Waals surface area contributed by atoms with Gasteiger partial charge >= 0.3 is 0 Å². The van der Waals surface area contributed by atoms with Crippen molar-refractivity contribution >= 4 is 0 Å². The predicted molar refractivity (Wildman–Crippen MR) is 69.2 cm³/mol. The van der Waals surface area contributed by atoms with Crippen LogP contribution in [0.3, 0.4) is 0 Å². The van der Waals surface area contributed by atoms with Gasteiger partial charge in [0.25, 0.3) is 0 Å². The van der Waals surface area contributed by atoms with Crippen LogP contribution in [0.1, 0.15) is 31.7 Å². The largest absolute Gasteiger partial charge is 0.299 e. The summed E-state index contributed by atoms with van der Waals surface area (Å²) in [7, 11) is 0. The van der Waals surface area contributed by atoms with E-state index in [1.54, 1.807) is 0 Å². The van der Waals surface area contributed by atoms with Gasteiger partial charge in [-0.05, 0) is 49.0 Å². The summed E-state index contributed by atoms with van der Waals surface area (Å²) in [5.74, 6) is -0.181. The number of nitriles is 1. The van der Waals surface area contributed by atoms with E-state index in [1.807, 2.05) is 12.1 Å². The van der Waals surface area contributed by atoms with Crippen LogP contribution in [0.25, 0.3) is 0 Å². The average molecular weight is 246 g/mol. The van der Waals surface area contributed by atoms with Gasteiger partial charge in [-0.2, -0.15) is 5.26 Å². The summed E-state index contributed by atoms with van der Waals surface area (Å²) in [4.78, 5) is 2.38. The van der Waals surface area contributed by atoms with Crippen molar-refractivity contribution in [1.82, 2.24) is 4.90 Å². The van der Waals surface area contributed by atoms with E-state index in [4.69, 9.17) is 5.26 Å². The highest BCUT2D eigenvalue weighted by atomic mass is 19.1. The molecule has 2 rings (SSSR count). The van der Waals surface area contributed by atoms with Gasteiger partial charge in [0.2, 0.25) is 0 Å². The summed E-state index contributed by atoms with van der Waals surface area (Å²) in [6.07, 6.45) is 2.79. The first kappa shape index (κ1) is 13.0. The van der Waals surface area contributed by atoms with Gasteiger partial charge in [0.15, 0.2) is 0 Å². The molecule has 0 unspecified atom stereocenters. The normalized spacial score (nSPS) is 19.4. The number of nitrogens with zero attached hydrogens (tertiary/aromatic N) is 2. The van der Waals surface area contributed by atoms with E-state index in [2.05, 4.69) is 17.9 Å². The van der Waals surface area contributed by atoms with Gasteiger partial charge in [0.05, 0.1) is 6.07 Å². The van der Waals surface area contributed by atoms with Crippen molar-refractivity contribution in [2.75, 3.05) is 13.1 Å². The Hall–Kier alpha value is -1.40. The molecule has 0 amide bonds. The van der Waals surface area contributed by atoms with Crippen LogP contribution in [-0.4, -0.2) is 18.0 Å². The zero-order valence-corrected chi connectivity index (χ0v) is 10.8. The number of benzene rings is 1. The minimum absolute atomic E-state index is 0.181. The Labute approximate surface area is 108 Å². The molecule has 2 nitrogen and oxygen atoms in total. The van der Waals surface area contributed by atoms with Crippen molar-refractivity contribution in [2.45, 2.75) is 32.7 Å². The van der Waals surface area contributed by atoms with Crippen LogP contribution >= 0.6 is 0 Å². The van der Waals surface area contributed by atoms with Crippen LogP contribution in [0, 0.1) is 22.6 Å². The molecular weight excluding hydrogens is 227 g/mol. The molecule has 1 aromatic carbocycles. The number of likely N-dealkylation sites (tertiary alicyclic amines) is 1. The Morgan fingerprint density at radius 3 is 2.44 bits per heavy atom. The Morgan fingerprint density at radius 2 is 1.89 bits per heavy atom. The SMILES string of the molecule is CC1(CC#N)CCN(Cc2ccc(F)cc2)CC1. The first-order valence-electron chi connectivity index (χ1n) is 6.45. The van der Waals surface area contributed by atoms with Crippen LogP contribution < -0.4 is 0 Å². The number of hydrogen-bond acceptors (Lipinski definition) is 2. The molecule has 0 spiro atoms. The first-order valence-corrected chi connectivity index (χ1v) is 6.45. The molecule has 0 bridgehead atoms. The van der Waals surface area contributed by atoms with Gasteiger partial charge in [-0.3, -0.25) is 4.90 Å². The monoisotopic (exact) mass is 246 g/mol. The molecule has 3 heteroatoms. The number of halogens is 1. The van der Waals surface area contributed by atoms with Gasteiger partial charge < -0.3 is 0 Å². The maximum Gasteiger partial charge on any atom is 0.123 e. The molecule has 1 saturated heterocycles. The van der Waals surface area contributed by atoms with Crippen LogP contribution in [-0.2, 0) is 6.54 Å². The summed E-state index contributed by atoms with van der Waals surface area (Å²) in [6.45, 7) is 5.12. The third-order valence-corrected chi connectivity index (χ3v) is 3.89. The van der Waals surface area contributed by atoms with E-state index in [1.165, 1.54) is 12.1 Å². The smallest absolute Gasteiger partial charge is 0.123 e. The van der Waals surface area contributed by atoms with Gasteiger partial charge in [-0.25, -0.2) is 4.39 Å². The highest BCUT2D eigenvalue weighted by Gasteiger charge is 2.29. The van der Waals surface area contributed by atoms with Gasteiger partial charge in [0.1, 0.15) is 5.82 Å². The second kappa shape index (κ2) is 5.49. The Bertz CT molecular complexity index is 425. The predicted octanol–water partition coefficient (Wildman–Crippen LogP) is 3.34. The lowest BCUT2D eigenvalue weighted by Crippen LogP contribution is -2.38. The van der Waals surface area contributed by atoms with E-state index in [-0.39, 0.29) is 11.2 Å². The van der Waals surface area contributed by atoms with Crippen molar-refractivity contribution < 1.29 is 4.39 Å². The molecule has 0 atom stereocenters. The molecule has 0 aliphatic carbocycles. The zero-order valence-electron chi connectivity index (χ0n) is 10.8. The fraction of sp³-hybridized carbons (Fsp3) is 0.533. The number of piperidine rings is 1. The minimum atomic E-state index is -0.181. The zero-order chi connectivity index (χ0) is 13.0. The van der Waals surface area contributed by atoms with E-state index in [0.29, 0.717) is 6.42 Å². The maximum absolute atomic E-state index is 12.8. The molecule has 1 aliphatic heterocycles. The van der Waals surface area contributed by atoms with Crippen molar-refractivity contribution in [2.24, 2.45) is 5.41 Å². The van der Waals surface area contributed by atoms with Crippen molar-refractivity contribution in [3.05, 3.63) is 35.6 Å². The lowest BCUT2D eigenvalue weighted by Gasteiger charge is -2.38. The summed E-state index contributed by atoms with van der Waals surface area (Å²) in [5.41, 5.74) is 1.34. The minimum Gasteiger partial charge on any atom is -0.299 e. The van der Waals surface area contributed by atoms with E-state index < -0.39 is 0 Å². The first-order chi connectivity index (χ1) is 8.61. The molecule has 0 N–H and O–H groups in total. The third kappa shape index (κ3) is 3.30. The summed E-state index contributed by atoms with van der Waals surface area (Å²) >= 11 is 0. The fourth-order valence-corrected chi connectivity index (χ4v) is 2.47. The topological polar surface area (TPSA) is 27.0 Å². The Kier molecular flexibility index (Phi) is 3.98. The van der Waals surface area contributed by atoms with Crippen molar-refractivity contribution in [1.29, 1.82) is 5.26 Å². The summed E-state index contributed by atoms with van der Waals surface area (Å²) in [6, 6.07) is 9.01. The molecule has 1 aliphatic rings. The molecule has 96 valence electrons. The molecule has 1 heterocycles. The standard InChI is InChI=1S/C15H19FN2/c1-15(6-9-17)7-10-18(11-8-15)12-13-2-4-14(16)5-3-13/h2-5H,6-8,10-12H2,1H3. The second-order valence-corrected chi connectivity index (χ2v) is 5.55. The van der Waals surface area contributed by atoms with Gasteiger partial charge in [-0.15, -0.1) is 0 Å². The molecular formula is C15H19FN2. The summed E-state index contributed by atoms with van der Waals surface area (Å²) < 4.78 is 12.8. The van der Waals surface area contributed by atoms with E-state index in [0.717, 1.165) is 38.0 Å². The maximum atomic E-state index is 12.8. The summed E-state index contributed by atoms with van der Waals surface area (Å²) in [5, 5.41) is 8.81. The number of rotatable bonds is 3. The molecule has 1 aromatic rings. The fourth-order valence-electron chi connectivity index (χ4n) is 2.47. The van der Waals surface area contributed by atoms with Gasteiger partial charge in [0, 0.05) is 13.0 Å². The van der Waals surface area contributed by atoms with Crippen LogP contribution in [0.2, 0.25) is 0 Å². The number of hydrogen-bond donors (Lipinski definition) is 0. The second-order valence-electron chi connectivity index (χ2n) is 5.55. The lowest BCUT2D eigenvalue weighted by molar-refractivity contribution is 0.116. The van der Waals surface area contributed by atoms with E-state index in [9.17, 15) is 4.39 Å². The molecule has 0 radical (unpaired) electrons. The van der Waals surface area contributed by atoms with Crippen LogP contribution in [0.15, 0.2) is 24.3 Å².